The van der Waals surface area contributed by atoms with Gasteiger partial charge in [-0.1, -0.05) is 13.8 Å². The van der Waals surface area contributed by atoms with Gasteiger partial charge in [0.2, 0.25) is 5.13 Å². The van der Waals surface area contributed by atoms with Crippen molar-refractivity contribution in [2.24, 2.45) is 5.41 Å². The SMILES string of the molecule is CC1(C)CCC[C@@](O)(CNc2nc(C3CC3)ns2)C1. The Labute approximate surface area is 118 Å². The molecule has 2 N–H and O–H groups in total. The van der Waals surface area contributed by atoms with Gasteiger partial charge >= 0.3 is 0 Å². The number of hydrogen-bond acceptors (Lipinski definition) is 5. The van der Waals surface area contributed by atoms with Crippen LogP contribution in [0.4, 0.5) is 5.13 Å². The normalized spacial score (nSPS) is 30.3. The minimum absolute atomic E-state index is 0.245. The van der Waals surface area contributed by atoms with E-state index in [1.54, 1.807) is 0 Å². The molecular weight excluding hydrogens is 258 g/mol. The molecule has 1 heterocycles. The minimum atomic E-state index is -0.590. The van der Waals surface area contributed by atoms with Gasteiger partial charge < -0.3 is 10.4 Å². The fraction of sp³-hybridized carbons (Fsp3) is 0.857. The Morgan fingerprint density at radius 2 is 2.16 bits per heavy atom. The maximum absolute atomic E-state index is 10.7. The molecule has 2 saturated carbocycles. The molecule has 2 fully saturated rings. The second kappa shape index (κ2) is 4.70. The molecule has 0 radical (unpaired) electrons. The van der Waals surface area contributed by atoms with E-state index in [-0.39, 0.29) is 5.41 Å². The number of anilines is 1. The van der Waals surface area contributed by atoms with Crippen molar-refractivity contribution in [3.63, 3.8) is 0 Å². The quantitative estimate of drug-likeness (QED) is 0.890. The molecule has 0 amide bonds. The van der Waals surface area contributed by atoms with Crippen LogP contribution in [-0.2, 0) is 0 Å². The summed E-state index contributed by atoms with van der Waals surface area (Å²) in [7, 11) is 0. The van der Waals surface area contributed by atoms with Crippen LogP contribution in [0.25, 0.3) is 0 Å². The molecule has 0 saturated heterocycles. The molecule has 19 heavy (non-hydrogen) atoms. The number of nitrogens with zero attached hydrogens (tertiary/aromatic N) is 2. The van der Waals surface area contributed by atoms with E-state index in [1.165, 1.54) is 30.8 Å². The number of rotatable bonds is 4. The molecule has 106 valence electrons. The number of aliphatic hydroxyl groups is 1. The Bertz CT molecular complexity index is 455. The van der Waals surface area contributed by atoms with Crippen LogP contribution in [0.5, 0.6) is 0 Å². The maximum atomic E-state index is 10.7. The standard InChI is InChI=1S/C14H23N3OS/c1-13(2)6-3-7-14(18,8-13)9-15-12-16-11(17-19-12)10-4-5-10/h10,18H,3-9H2,1-2H3,(H,15,16,17)/t14-/m0/s1. The first-order valence-electron chi connectivity index (χ1n) is 7.26. The van der Waals surface area contributed by atoms with Crippen molar-refractivity contribution in [3.8, 4) is 0 Å². The summed E-state index contributed by atoms with van der Waals surface area (Å²) in [5, 5.41) is 14.8. The highest BCUT2D eigenvalue weighted by atomic mass is 32.1. The fourth-order valence-corrected chi connectivity index (χ4v) is 3.81. The Morgan fingerprint density at radius 3 is 2.84 bits per heavy atom. The summed E-state index contributed by atoms with van der Waals surface area (Å²) in [5.74, 6) is 1.59. The molecule has 0 spiro atoms. The zero-order valence-electron chi connectivity index (χ0n) is 11.8. The van der Waals surface area contributed by atoms with Gasteiger partial charge in [0.15, 0.2) is 0 Å². The van der Waals surface area contributed by atoms with Crippen LogP contribution in [-0.4, -0.2) is 26.6 Å². The van der Waals surface area contributed by atoms with E-state index in [2.05, 4.69) is 28.5 Å². The lowest BCUT2D eigenvalue weighted by Gasteiger charge is -2.41. The summed E-state index contributed by atoms with van der Waals surface area (Å²) in [6.07, 6.45) is 6.52. The van der Waals surface area contributed by atoms with Crippen molar-refractivity contribution < 1.29 is 5.11 Å². The Balaban J connectivity index is 1.58. The Kier molecular flexibility index (Phi) is 3.29. The van der Waals surface area contributed by atoms with Crippen LogP contribution in [0.1, 0.15) is 64.1 Å². The van der Waals surface area contributed by atoms with Crippen molar-refractivity contribution in [2.75, 3.05) is 11.9 Å². The molecule has 2 aliphatic rings. The zero-order chi connectivity index (χ0) is 13.5. The summed E-state index contributed by atoms with van der Waals surface area (Å²) < 4.78 is 4.38. The highest BCUT2D eigenvalue weighted by Gasteiger charge is 2.38. The first kappa shape index (κ1) is 13.3. The number of aromatic nitrogens is 2. The van der Waals surface area contributed by atoms with Crippen molar-refractivity contribution in [1.82, 2.24) is 9.36 Å². The lowest BCUT2D eigenvalue weighted by atomic mass is 9.70. The predicted octanol–water partition coefficient (Wildman–Crippen LogP) is 3.16. The average molecular weight is 281 g/mol. The smallest absolute Gasteiger partial charge is 0.202 e. The highest BCUT2D eigenvalue weighted by Crippen LogP contribution is 2.41. The predicted molar refractivity (Wildman–Crippen MR) is 77.6 cm³/mol. The van der Waals surface area contributed by atoms with Gasteiger partial charge in [-0.2, -0.15) is 4.37 Å². The van der Waals surface area contributed by atoms with Gasteiger partial charge in [0.1, 0.15) is 5.82 Å². The van der Waals surface area contributed by atoms with Crippen LogP contribution >= 0.6 is 11.5 Å². The average Bonchev–Trinajstić information content (AvgIpc) is 3.05. The minimum Gasteiger partial charge on any atom is -0.388 e. The second-order valence-electron chi connectivity index (χ2n) is 7.00. The van der Waals surface area contributed by atoms with Crippen LogP contribution in [0, 0.1) is 5.41 Å². The van der Waals surface area contributed by atoms with Crippen molar-refractivity contribution in [2.45, 2.75) is 63.9 Å². The van der Waals surface area contributed by atoms with E-state index in [9.17, 15) is 5.11 Å². The zero-order valence-corrected chi connectivity index (χ0v) is 12.6. The molecule has 0 aliphatic heterocycles. The van der Waals surface area contributed by atoms with Crippen molar-refractivity contribution in [1.29, 1.82) is 0 Å². The van der Waals surface area contributed by atoms with E-state index in [0.29, 0.717) is 12.5 Å². The summed E-state index contributed by atoms with van der Waals surface area (Å²) in [6, 6.07) is 0. The van der Waals surface area contributed by atoms with Crippen LogP contribution in [0.15, 0.2) is 0 Å². The third-order valence-corrected chi connectivity index (χ3v) is 4.94. The van der Waals surface area contributed by atoms with Gasteiger partial charge in [0, 0.05) is 24.0 Å². The first-order chi connectivity index (χ1) is 8.96. The van der Waals surface area contributed by atoms with Crippen molar-refractivity contribution in [3.05, 3.63) is 5.82 Å². The first-order valence-corrected chi connectivity index (χ1v) is 8.03. The van der Waals surface area contributed by atoms with E-state index < -0.39 is 5.60 Å². The molecule has 1 atom stereocenters. The number of nitrogens with one attached hydrogen (secondary N) is 1. The van der Waals surface area contributed by atoms with E-state index in [4.69, 9.17) is 0 Å². The fourth-order valence-electron chi connectivity index (χ4n) is 3.17. The monoisotopic (exact) mass is 281 g/mol. The summed E-state index contributed by atoms with van der Waals surface area (Å²) in [6.45, 7) is 5.08. The summed E-state index contributed by atoms with van der Waals surface area (Å²) in [4.78, 5) is 4.51. The molecule has 5 heteroatoms. The molecular formula is C14H23N3OS. The van der Waals surface area contributed by atoms with Crippen LogP contribution in [0.3, 0.4) is 0 Å². The molecule has 2 aliphatic carbocycles. The second-order valence-corrected chi connectivity index (χ2v) is 7.76. The van der Waals surface area contributed by atoms with E-state index >= 15 is 0 Å². The Morgan fingerprint density at radius 1 is 1.37 bits per heavy atom. The third kappa shape index (κ3) is 3.26. The van der Waals surface area contributed by atoms with Gasteiger partial charge in [-0.05, 0) is 43.9 Å². The lowest BCUT2D eigenvalue weighted by Crippen LogP contribution is -2.44. The van der Waals surface area contributed by atoms with Crippen molar-refractivity contribution >= 4 is 16.7 Å². The molecule has 1 aromatic heterocycles. The lowest BCUT2D eigenvalue weighted by molar-refractivity contribution is -0.0278. The van der Waals surface area contributed by atoms with Gasteiger partial charge in [0.05, 0.1) is 5.60 Å². The molecule has 0 unspecified atom stereocenters. The van der Waals surface area contributed by atoms with Crippen LogP contribution in [0.2, 0.25) is 0 Å². The molecule has 0 bridgehead atoms. The molecule has 0 aromatic carbocycles. The van der Waals surface area contributed by atoms with E-state index in [1.807, 2.05) is 0 Å². The largest absolute Gasteiger partial charge is 0.388 e. The summed E-state index contributed by atoms with van der Waals surface area (Å²) >= 11 is 1.42. The van der Waals surface area contributed by atoms with Gasteiger partial charge in [0.25, 0.3) is 0 Å². The highest BCUT2D eigenvalue weighted by molar-refractivity contribution is 7.09. The number of hydrogen-bond donors (Lipinski definition) is 2. The molecule has 3 rings (SSSR count). The van der Waals surface area contributed by atoms with Crippen LogP contribution < -0.4 is 5.32 Å². The topological polar surface area (TPSA) is 58.0 Å². The Hall–Kier alpha value is -0.680. The summed E-state index contributed by atoms with van der Waals surface area (Å²) in [5.41, 5.74) is -0.345. The third-order valence-electron chi connectivity index (χ3n) is 4.26. The molecule has 1 aromatic rings. The van der Waals surface area contributed by atoms with Gasteiger partial charge in [-0.15, -0.1) is 0 Å². The maximum Gasteiger partial charge on any atom is 0.202 e. The van der Waals surface area contributed by atoms with Gasteiger partial charge in [-0.3, -0.25) is 0 Å². The molecule has 4 nitrogen and oxygen atoms in total. The van der Waals surface area contributed by atoms with Gasteiger partial charge in [-0.25, -0.2) is 4.98 Å². The van der Waals surface area contributed by atoms with E-state index in [0.717, 1.165) is 30.2 Å².